The van der Waals surface area contributed by atoms with E-state index < -0.39 is 17.8 Å². The van der Waals surface area contributed by atoms with Gasteiger partial charge in [-0.1, -0.05) is 0 Å². The van der Waals surface area contributed by atoms with Gasteiger partial charge in [0.25, 0.3) is 0 Å². The standard InChI is InChI=1S/C13H12F3N3O/c1-7-5-8(20-2)3-4-9(7)10-6-11(13(14,15)16)19-12(17)18-10/h3-6H,1-2H3,(H2,17,18,19). The van der Waals surface area contributed by atoms with Crippen molar-refractivity contribution in [3.8, 4) is 17.0 Å². The summed E-state index contributed by atoms with van der Waals surface area (Å²) in [5, 5.41) is 0. The number of nitrogens with zero attached hydrogens (tertiary/aromatic N) is 2. The maximum absolute atomic E-state index is 12.7. The van der Waals surface area contributed by atoms with Crippen molar-refractivity contribution in [2.24, 2.45) is 0 Å². The van der Waals surface area contributed by atoms with Gasteiger partial charge in [-0.2, -0.15) is 13.2 Å². The fraction of sp³-hybridized carbons (Fsp3) is 0.231. The van der Waals surface area contributed by atoms with Gasteiger partial charge in [0.05, 0.1) is 12.8 Å². The highest BCUT2D eigenvalue weighted by Gasteiger charge is 2.33. The molecular formula is C13H12F3N3O. The first-order valence-corrected chi connectivity index (χ1v) is 5.68. The molecule has 4 nitrogen and oxygen atoms in total. The van der Waals surface area contributed by atoms with E-state index in [0.717, 1.165) is 11.6 Å². The van der Waals surface area contributed by atoms with Crippen molar-refractivity contribution in [2.75, 3.05) is 12.8 Å². The van der Waals surface area contributed by atoms with Gasteiger partial charge in [-0.3, -0.25) is 0 Å². The topological polar surface area (TPSA) is 61.0 Å². The summed E-state index contributed by atoms with van der Waals surface area (Å²) in [5.41, 5.74) is 5.70. The van der Waals surface area contributed by atoms with E-state index in [-0.39, 0.29) is 5.69 Å². The van der Waals surface area contributed by atoms with Crippen molar-refractivity contribution in [3.63, 3.8) is 0 Å². The summed E-state index contributed by atoms with van der Waals surface area (Å²) in [6.07, 6.45) is -4.56. The molecule has 0 spiro atoms. The molecule has 106 valence electrons. The second-order valence-electron chi connectivity index (χ2n) is 4.18. The number of aromatic nitrogens is 2. The fourth-order valence-electron chi connectivity index (χ4n) is 1.80. The monoisotopic (exact) mass is 283 g/mol. The molecule has 1 aromatic carbocycles. The summed E-state index contributed by atoms with van der Waals surface area (Å²) in [7, 11) is 1.51. The minimum Gasteiger partial charge on any atom is -0.497 e. The van der Waals surface area contributed by atoms with E-state index in [2.05, 4.69) is 9.97 Å². The quantitative estimate of drug-likeness (QED) is 0.920. The van der Waals surface area contributed by atoms with Crippen LogP contribution in [-0.4, -0.2) is 17.1 Å². The van der Waals surface area contributed by atoms with Crippen LogP contribution in [0.25, 0.3) is 11.3 Å². The lowest BCUT2D eigenvalue weighted by Crippen LogP contribution is -2.11. The number of alkyl halides is 3. The van der Waals surface area contributed by atoms with Gasteiger partial charge in [0.15, 0.2) is 5.69 Å². The summed E-state index contributed by atoms with van der Waals surface area (Å²) in [4.78, 5) is 7.07. The lowest BCUT2D eigenvalue weighted by molar-refractivity contribution is -0.141. The van der Waals surface area contributed by atoms with E-state index in [4.69, 9.17) is 10.5 Å². The molecule has 0 amide bonds. The number of ether oxygens (including phenoxy) is 1. The maximum atomic E-state index is 12.7. The zero-order valence-electron chi connectivity index (χ0n) is 10.8. The highest BCUT2D eigenvalue weighted by molar-refractivity contribution is 5.65. The lowest BCUT2D eigenvalue weighted by Gasteiger charge is -2.11. The molecule has 2 rings (SSSR count). The maximum Gasteiger partial charge on any atom is 0.433 e. The summed E-state index contributed by atoms with van der Waals surface area (Å²) in [5.74, 6) is 0.203. The molecule has 2 aromatic rings. The van der Waals surface area contributed by atoms with Crippen LogP contribution in [0.5, 0.6) is 5.75 Å². The second kappa shape index (κ2) is 4.99. The number of aryl methyl sites for hydroxylation is 1. The van der Waals surface area contributed by atoms with Gasteiger partial charge in [-0.05, 0) is 36.8 Å². The van der Waals surface area contributed by atoms with Gasteiger partial charge in [-0.25, -0.2) is 9.97 Å². The molecule has 0 saturated carbocycles. The molecule has 1 aromatic heterocycles. The molecule has 0 aliphatic carbocycles. The van der Waals surface area contributed by atoms with Crippen molar-refractivity contribution in [1.82, 2.24) is 9.97 Å². The van der Waals surface area contributed by atoms with Crippen LogP contribution in [0.1, 0.15) is 11.3 Å². The minimum atomic E-state index is -4.56. The van der Waals surface area contributed by atoms with Gasteiger partial charge < -0.3 is 10.5 Å². The smallest absolute Gasteiger partial charge is 0.433 e. The highest BCUT2D eigenvalue weighted by atomic mass is 19.4. The number of benzene rings is 1. The Morgan fingerprint density at radius 3 is 2.40 bits per heavy atom. The Bertz CT molecular complexity index is 641. The zero-order valence-corrected chi connectivity index (χ0v) is 10.8. The SMILES string of the molecule is COc1ccc(-c2cc(C(F)(F)F)nc(N)n2)c(C)c1. The largest absolute Gasteiger partial charge is 0.497 e. The molecule has 0 unspecified atom stereocenters. The van der Waals surface area contributed by atoms with Crippen LogP contribution in [0.15, 0.2) is 24.3 Å². The molecular weight excluding hydrogens is 271 g/mol. The Kier molecular flexibility index (Phi) is 3.52. The van der Waals surface area contributed by atoms with Crippen molar-refractivity contribution in [2.45, 2.75) is 13.1 Å². The third-order valence-corrected chi connectivity index (χ3v) is 2.74. The van der Waals surface area contributed by atoms with Crippen LogP contribution < -0.4 is 10.5 Å². The van der Waals surface area contributed by atoms with Crippen LogP contribution >= 0.6 is 0 Å². The number of methoxy groups -OCH3 is 1. The Morgan fingerprint density at radius 1 is 1.15 bits per heavy atom. The second-order valence-corrected chi connectivity index (χ2v) is 4.18. The number of hydrogen-bond donors (Lipinski definition) is 1. The first-order chi connectivity index (χ1) is 9.31. The van der Waals surface area contributed by atoms with Crippen molar-refractivity contribution >= 4 is 5.95 Å². The Labute approximate surface area is 113 Å². The Morgan fingerprint density at radius 2 is 1.85 bits per heavy atom. The van der Waals surface area contributed by atoms with Gasteiger partial charge in [0.2, 0.25) is 5.95 Å². The molecule has 0 aliphatic heterocycles. The molecule has 0 bridgehead atoms. The Balaban J connectivity index is 2.55. The predicted molar refractivity (Wildman–Crippen MR) is 68.2 cm³/mol. The molecule has 0 radical (unpaired) electrons. The number of anilines is 1. The average Bonchev–Trinajstić information content (AvgIpc) is 2.36. The highest BCUT2D eigenvalue weighted by Crippen LogP contribution is 2.32. The number of nitrogens with two attached hydrogens (primary N) is 1. The van der Waals surface area contributed by atoms with E-state index in [0.29, 0.717) is 11.3 Å². The molecule has 20 heavy (non-hydrogen) atoms. The lowest BCUT2D eigenvalue weighted by atomic mass is 10.0. The van der Waals surface area contributed by atoms with Crippen LogP contribution in [0.3, 0.4) is 0 Å². The van der Waals surface area contributed by atoms with E-state index in [9.17, 15) is 13.2 Å². The van der Waals surface area contributed by atoms with Crippen LogP contribution in [-0.2, 0) is 6.18 Å². The predicted octanol–water partition coefficient (Wildman–Crippen LogP) is 3.06. The Hall–Kier alpha value is -2.31. The van der Waals surface area contributed by atoms with Crippen molar-refractivity contribution in [3.05, 3.63) is 35.5 Å². The molecule has 0 aliphatic rings. The van der Waals surface area contributed by atoms with E-state index in [1.54, 1.807) is 25.1 Å². The summed E-state index contributed by atoms with van der Waals surface area (Å²) in [6, 6.07) is 5.87. The zero-order chi connectivity index (χ0) is 14.9. The third kappa shape index (κ3) is 2.81. The first-order valence-electron chi connectivity index (χ1n) is 5.68. The average molecular weight is 283 g/mol. The van der Waals surface area contributed by atoms with Crippen LogP contribution in [0, 0.1) is 6.92 Å². The number of rotatable bonds is 2. The number of halogens is 3. The third-order valence-electron chi connectivity index (χ3n) is 2.74. The fourth-order valence-corrected chi connectivity index (χ4v) is 1.80. The van der Waals surface area contributed by atoms with E-state index in [1.807, 2.05) is 0 Å². The van der Waals surface area contributed by atoms with Crippen LogP contribution in [0.4, 0.5) is 19.1 Å². The van der Waals surface area contributed by atoms with E-state index in [1.165, 1.54) is 7.11 Å². The van der Waals surface area contributed by atoms with Gasteiger partial charge >= 0.3 is 6.18 Å². The van der Waals surface area contributed by atoms with Gasteiger partial charge in [0, 0.05) is 5.56 Å². The molecule has 0 fully saturated rings. The number of nitrogen functional groups attached to an aromatic ring is 1. The molecule has 0 atom stereocenters. The molecule has 0 saturated heterocycles. The molecule has 7 heteroatoms. The molecule has 1 heterocycles. The summed E-state index contributed by atoms with van der Waals surface area (Å²) >= 11 is 0. The summed E-state index contributed by atoms with van der Waals surface area (Å²) < 4.78 is 43.2. The van der Waals surface area contributed by atoms with Crippen molar-refractivity contribution in [1.29, 1.82) is 0 Å². The van der Waals surface area contributed by atoms with Gasteiger partial charge in [-0.15, -0.1) is 0 Å². The van der Waals surface area contributed by atoms with Crippen molar-refractivity contribution < 1.29 is 17.9 Å². The number of hydrogen-bond acceptors (Lipinski definition) is 4. The normalized spacial score (nSPS) is 11.4. The minimum absolute atomic E-state index is 0.130. The van der Waals surface area contributed by atoms with Crippen LogP contribution in [0.2, 0.25) is 0 Å². The summed E-state index contributed by atoms with van der Waals surface area (Å²) in [6.45, 7) is 1.75. The van der Waals surface area contributed by atoms with E-state index >= 15 is 0 Å². The molecule has 2 N–H and O–H groups in total. The van der Waals surface area contributed by atoms with Gasteiger partial charge in [0.1, 0.15) is 5.75 Å². The first kappa shape index (κ1) is 14.1.